The van der Waals surface area contributed by atoms with Gasteiger partial charge >= 0.3 is 6.03 Å². The number of urea groups is 1. The van der Waals surface area contributed by atoms with Crippen molar-refractivity contribution in [2.45, 2.75) is 46.1 Å². The van der Waals surface area contributed by atoms with Crippen LogP contribution in [-0.2, 0) is 9.59 Å². The van der Waals surface area contributed by atoms with E-state index < -0.39 is 23.4 Å². The molecule has 1 N–H and O–H groups in total. The summed E-state index contributed by atoms with van der Waals surface area (Å²) in [6.07, 6.45) is 1.21. The molecule has 16 heavy (non-hydrogen) atoms. The first-order chi connectivity index (χ1) is 7.29. The predicted octanol–water partition coefficient (Wildman–Crippen LogP) is 1.28. The van der Waals surface area contributed by atoms with E-state index >= 15 is 0 Å². The zero-order valence-corrected chi connectivity index (χ0v) is 10.2. The van der Waals surface area contributed by atoms with E-state index in [-0.39, 0.29) is 5.91 Å². The van der Waals surface area contributed by atoms with Crippen molar-refractivity contribution in [3.05, 3.63) is 0 Å². The molecule has 1 unspecified atom stereocenters. The van der Waals surface area contributed by atoms with E-state index in [9.17, 15) is 14.4 Å². The SMILES string of the molecule is CCCC1C(=O)NC(=O)N(C(C)(C)C)C1=O. The average Bonchev–Trinajstić information content (AvgIpc) is 2.09. The summed E-state index contributed by atoms with van der Waals surface area (Å²) in [5, 5.41) is 2.23. The Kier molecular flexibility index (Phi) is 3.35. The Labute approximate surface area is 95.2 Å². The first-order valence-electron chi connectivity index (χ1n) is 5.48. The molecule has 1 saturated heterocycles. The molecule has 4 amide bonds. The third kappa shape index (κ3) is 2.23. The molecular weight excluding hydrogens is 208 g/mol. The molecule has 0 saturated carbocycles. The highest BCUT2D eigenvalue weighted by molar-refractivity contribution is 6.16. The summed E-state index contributed by atoms with van der Waals surface area (Å²) in [6.45, 7) is 7.20. The van der Waals surface area contributed by atoms with Crippen LogP contribution < -0.4 is 5.32 Å². The quantitative estimate of drug-likeness (QED) is 0.721. The summed E-state index contributed by atoms with van der Waals surface area (Å²) >= 11 is 0. The third-order valence-electron chi connectivity index (χ3n) is 2.52. The van der Waals surface area contributed by atoms with Gasteiger partial charge in [0.05, 0.1) is 0 Å². The molecule has 0 aliphatic carbocycles. The molecule has 1 aliphatic heterocycles. The van der Waals surface area contributed by atoms with Gasteiger partial charge in [-0.15, -0.1) is 0 Å². The van der Waals surface area contributed by atoms with Gasteiger partial charge in [0.15, 0.2) is 0 Å². The van der Waals surface area contributed by atoms with Gasteiger partial charge in [0.25, 0.3) is 0 Å². The van der Waals surface area contributed by atoms with Gasteiger partial charge in [0.1, 0.15) is 5.92 Å². The maximum Gasteiger partial charge on any atom is 0.331 e. The molecule has 5 heteroatoms. The zero-order valence-electron chi connectivity index (χ0n) is 10.2. The number of hydrogen-bond acceptors (Lipinski definition) is 3. The summed E-state index contributed by atoms with van der Waals surface area (Å²) in [6, 6.07) is -0.616. The van der Waals surface area contributed by atoms with Crippen molar-refractivity contribution >= 4 is 17.8 Å². The van der Waals surface area contributed by atoms with Crippen molar-refractivity contribution in [3.63, 3.8) is 0 Å². The molecule has 1 aliphatic rings. The number of carbonyl (C=O) groups is 3. The number of amides is 4. The van der Waals surface area contributed by atoms with Crippen molar-refractivity contribution in [1.82, 2.24) is 10.2 Å². The lowest BCUT2D eigenvalue weighted by molar-refractivity contribution is -0.145. The van der Waals surface area contributed by atoms with Crippen LogP contribution in [0.2, 0.25) is 0 Å². The highest BCUT2D eigenvalue weighted by Crippen LogP contribution is 2.23. The van der Waals surface area contributed by atoms with Gasteiger partial charge in [0.2, 0.25) is 11.8 Å². The smallest absolute Gasteiger partial charge is 0.277 e. The Balaban J connectivity index is 2.99. The van der Waals surface area contributed by atoms with Gasteiger partial charge < -0.3 is 0 Å². The molecule has 0 aromatic carbocycles. The average molecular weight is 226 g/mol. The van der Waals surface area contributed by atoms with Gasteiger partial charge in [-0.05, 0) is 27.2 Å². The number of hydrogen-bond donors (Lipinski definition) is 1. The van der Waals surface area contributed by atoms with Crippen molar-refractivity contribution < 1.29 is 14.4 Å². The van der Waals surface area contributed by atoms with Crippen LogP contribution >= 0.6 is 0 Å². The molecule has 5 nitrogen and oxygen atoms in total. The zero-order chi connectivity index (χ0) is 12.5. The summed E-state index contributed by atoms with van der Waals surface area (Å²) < 4.78 is 0. The number of imide groups is 2. The highest BCUT2D eigenvalue weighted by atomic mass is 16.2. The van der Waals surface area contributed by atoms with E-state index in [0.717, 1.165) is 11.3 Å². The van der Waals surface area contributed by atoms with E-state index in [1.165, 1.54) is 0 Å². The first kappa shape index (κ1) is 12.7. The second kappa shape index (κ2) is 4.23. The Morgan fingerprint density at radius 2 is 1.81 bits per heavy atom. The number of nitrogens with zero attached hydrogens (tertiary/aromatic N) is 1. The van der Waals surface area contributed by atoms with Crippen molar-refractivity contribution in [3.8, 4) is 0 Å². The lowest BCUT2D eigenvalue weighted by Crippen LogP contribution is -2.63. The largest absolute Gasteiger partial charge is 0.331 e. The lowest BCUT2D eigenvalue weighted by atomic mass is 9.95. The molecule has 0 aromatic heterocycles. The Morgan fingerprint density at radius 3 is 2.25 bits per heavy atom. The number of carbonyl (C=O) groups excluding carboxylic acids is 3. The Morgan fingerprint density at radius 1 is 1.25 bits per heavy atom. The molecule has 0 aromatic rings. The van der Waals surface area contributed by atoms with E-state index in [1.807, 2.05) is 6.92 Å². The monoisotopic (exact) mass is 226 g/mol. The van der Waals surface area contributed by atoms with Crippen LogP contribution in [0.4, 0.5) is 4.79 Å². The van der Waals surface area contributed by atoms with Crippen LogP contribution in [0.15, 0.2) is 0 Å². The van der Waals surface area contributed by atoms with Gasteiger partial charge in [-0.2, -0.15) is 0 Å². The van der Waals surface area contributed by atoms with Crippen LogP contribution in [-0.4, -0.2) is 28.3 Å². The van der Waals surface area contributed by atoms with Crippen molar-refractivity contribution in [1.29, 1.82) is 0 Å². The lowest BCUT2D eigenvalue weighted by Gasteiger charge is -2.38. The summed E-state index contributed by atoms with van der Waals surface area (Å²) in [5.74, 6) is -1.58. The van der Waals surface area contributed by atoms with Gasteiger partial charge in [0, 0.05) is 5.54 Å². The normalized spacial score (nSPS) is 22.4. The summed E-state index contributed by atoms with van der Waals surface area (Å²) in [4.78, 5) is 36.2. The fourth-order valence-corrected chi connectivity index (χ4v) is 1.79. The van der Waals surface area contributed by atoms with Crippen LogP contribution in [0.1, 0.15) is 40.5 Å². The van der Waals surface area contributed by atoms with Gasteiger partial charge in [-0.25, -0.2) is 4.79 Å². The molecule has 0 radical (unpaired) electrons. The van der Waals surface area contributed by atoms with Crippen molar-refractivity contribution in [2.24, 2.45) is 5.92 Å². The van der Waals surface area contributed by atoms with E-state index in [1.54, 1.807) is 20.8 Å². The second-order valence-electron chi connectivity index (χ2n) is 4.98. The first-order valence-corrected chi connectivity index (χ1v) is 5.48. The second-order valence-corrected chi connectivity index (χ2v) is 4.98. The Bertz CT molecular complexity index is 331. The minimum absolute atomic E-state index is 0.386. The molecule has 1 atom stereocenters. The maximum atomic E-state index is 12.0. The van der Waals surface area contributed by atoms with E-state index in [2.05, 4.69) is 5.32 Å². The van der Waals surface area contributed by atoms with Gasteiger partial charge in [-0.1, -0.05) is 13.3 Å². The highest BCUT2D eigenvalue weighted by Gasteiger charge is 2.44. The fraction of sp³-hybridized carbons (Fsp3) is 0.727. The summed E-state index contributed by atoms with van der Waals surface area (Å²) in [7, 11) is 0. The Hall–Kier alpha value is -1.39. The van der Waals surface area contributed by atoms with Gasteiger partial charge in [-0.3, -0.25) is 19.8 Å². The third-order valence-corrected chi connectivity index (χ3v) is 2.52. The van der Waals surface area contributed by atoms with Crippen LogP contribution in [0.25, 0.3) is 0 Å². The number of rotatable bonds is 2. The molecule has 1 fully saturated rings. The minimum Gasteiger partial charge on any atom is -0.277 e. The number of nitrogens with one attached hydrogen (secondary N) is 1. The van der Waals surface area contributed by atoms with Crippen LogP contribution in [0.5, 0.6) is 0 Å². The standard InChI is InChI=1S/C11H18N2O3/c1-5-6-7-8(14)12-10(16)13(9(7)15)11(2,3)4/h7H,5-6H2,1-4H3,(H,12,14,16). The molecule has 1 rings (SSSR count). The number of barbiturate groups is 1. The molecule has 1 heterocycles. The fourth-order valence-electron chi connectivity index (χ4n) is 1.79. The van der Waals surface area contributed by atoms with Crippen LogP contribution in [0, 0.1) is 5.92 Å². The molecule has 0 spiro atoms. The topological polar surface area (TPSA) is 66.5 Å². The predicted molar refractivity (Wildman–Crippen MR) is 58.5 cm³/mol. The van der Waals surface area contributed by atoms with Crippen molar-refractivity contribution in [2.75, 3.05) is 0 Å². The molecule has 90 valence electrons. The maximum absolute atomic E-state index is 12.0. The van der Waals surface area contributed by atoms with E-state index in [0.29, 0.717) is 6.42 Å². The molecular formula is C11H18N2O3. The summed E-state index contributed by atoms with van der Waals surface area (Å²) in [5.41, 5.74) is -0.603. The molecule has 0 bridgehead atoms. The minimum atomic E-state index is -0.720. The van der Waals surface area contributed by atoms with E-state index in [4.69, 9.17) is 0 Å². The van der Waals surface area contributed by atoms with Crippen LogP contribution in [0.3, 0.4) is 0 Å².